The molecule has 2 amide bonds. The van der Waals surface area contributed by atoms with Gasteiger partial charge in [-0.3, -0.25) is 4.79 Å². The summed E-state index contributed by atoms with van der Waals surface area (Å²) in [6.07, 6.45) is 6.13. The van der Waals surface area contributed by atoms with E-state index in [1.54, 1.807) is 48.8 Å². The van der Waals surface area contributed by atoms with Gasteiger partial charge in [0.2, 0.25) is 5.91 Å². The summed E-state index contributed by atoms with van der Waals surface area (Å²) in [4.78, 5) is 36.6. The van der Waals surface area contributed by atoms with Crippen LogP contribution in [0.2, 0.25) is 0 Å². The molecule has 0 saturated heterocycles. The maximum absolute atomic E-state index is 13.4. The highest BCUT2D eigenvalue weighted by molar-refractivity contribution is 6.05. The van der Waals surface area contributed by atoms with Crippen LogP contribution in [0.15, 0.2) is 91.3 Å². The molecule has 4 rings (SSSR count). The highest BCUT2D eigenvalue weighted by Gasteiger charge is 2.23. The van der Waals surface area contributed by atoms with E-state index in [4.69, 9.17) is 4.74 Å². The molecule has 4 aromatic rings. The molecule has 178 valence electrons. The number of nitrogens with one attached hydrogen (secondary N) is 2. The molecular weight excluding hydrogens is 442 g/mol. The molecule has 35 heavy (non-hydrogen) atoms. The lowest BCUT2D eigenvalue weighted by Gasteiger charge is -2.23. The van der Waals surface area contributed by atoms with Crippen LogP contribution < -0.4 is 10.2 Å². The lowest BCUT2D eigenvalue weighted by atomic mass is 10.2. The van der Waals surface area contributed by atoms with Gasteiger partial charge in [-0.15, -0.1) is 0 Å². The number of carbonyl (C=O) groups is 2. The minimum Gasteiger partial charge on any atom is -0.444 e. The number of nitrogens with zero attached hydrogens (tertiary/aromatic N) is 3. The minimum atomic E-state index is -0.545. The maximum Gasteiger partial charge on any atom is 0.419 e. The fourth-order valence-corrected chi connectivity index (χ4v) is 3.55. The third-order valence-corrected chi connectivity index (χ3v) is 5.18. The van der Waals surface area contributed by atoms with E-state index < -0.39 is 6.09 Å². The average molecular weight is 470 g/mol. The summed E-state index contributed by atoms with van der Waals surface area (Å²) in [5, 5.41) is 3.62. The first-order valence-electron chi connectivity index (χ1n) is 11.2. The predicted molar refractivity (Wildman–Crippen MR) is 138 cm³/mol. The van der Waals surface area contributed by atoms with Gasteiger partial charge < -0.3 is 19.9 Å². The van der Waals surface area contributed by atoms with Crippen molar-refractivity contribution in [2.24, 2.45) is 0 Å². The first kappa shape index (κ1) is 23.7. The Kier molecular flexibility index (Phi) is 7.54. The fraction of sp³-hybridized carbons (Fsp3) is 0.148. The molecule has 0 aliphatic rings. The second-order valence-corrected chi connectivity index (χ2v) is 8.15. The number of rotatable bonds is 8. The topological polar surface area (TPSA) is 90.6 Å². The molecule has 8 heteroatoms. The summed E-state index contributed by atoms with van der Waals surface area (Å²) in [7, 11) is 3.86. The smallest absolute Gasteiger partial charge is 0.419 e. The van der Waals surface area contributed by atoms with Crippen molar-refractivity contribution in [3.63, 3.8) is 0 Å². The zero-order chi connectivity index (χ0) is 24.6. The third-order valence-electron chi connectivity index (χ3n) is 5.18. The largest absolute Gasteiger partial charge is 0.444 e. The normalized spacial score (nSPS) is 11.2. The van der Waals surface area contributed by atoms with Gasteiger partial charge in [-0.2, -0.15) is 0 Å². The van der Waals surface area contributed by atoms with Gasteiger partial charge in [0.25, 0.3) is 0 Å². The van der Waals surface area contributed by atoms with Crippen LogP contribution >= 0.6 is 0 Å². The van der Waals surface area contributed by atoms with Crippen molar-refractivity contribution in [2.75, 3.05) is 30.9 Å². The van der Waals surface area contributed by atoms with E-state index >= 15 is 0 Å². The Hall–Kier alpha value is -4.43. The van der Waals surface area contributed by atoms with Crippen LogP contribution in [0.4, 0.5) is 21.9 Å². The van der Waals surface area contributed by atoms with Gasteiger partial charge >= 0.3 is 6.09 Å². The maximum atomic E-state index is 13.4. The molecule has 0 spiro atoms. The van der Waals surface area contributed by atoms with E-state index in [1.807, 2.05) is 55.4 Å². The van der Waals surface area contributed by atoms with E-state index in [0.717, 1.165) is 10.9 Å². The number of hydrogen-bond donors (Lipinski definition) is 2. The van der Waals surface area contributed by atoms with Crippen LogP contribution in [-0.4, -0.2) is 47.5 Å². The highest BCUT2D eigenvalue weighted by atomic mass is 16.6. The number of amides is 2. The molecule has 0 radical (unpaired) electrons. The first-order valence-corrected chi connectivity index (χ1v) is 11.2. The quantitative estimate of drug-likeness (QED) is 0.351. The number of carbonyl (C=O) groups excluding carboxylic acids is 2. The number of benzene rings is 2. The summed E-state index contributed by atoms with van der Waals surface area (Å²) in [5.74, 6) is -0.251. The standard InChI is InChI=1S/C27H27N5O3/c1-31(2)17-7-12-25(33)30-21-10-6-11-22(18-21)32(24-14-16-29-26-23(24)13-15-28-26)27(34)35-19-20-8-4-3-5-9-20/h3-16,18H,17,19H2,1-2H3,(H,28,29)(H,30,33)/b12-7+. The molecular formula is C27H27N5O3. The minimum absolute atomic E-state index is 0.130. The number of hydrogen-bond acceptors (Lipinski definition) is 5. The Morgan fingerprint density at radius 3 is 2.69 bits per heavy atom. The van der Waals surface area contributed by atoms with Gasteiger partial charge in [0.05, 0.1) is 11.4 Å². The Labute approximate surface area is 203 Å². The molecule has 0 atom stereocenters. The van der Waals surface area contributed by atoms with Crippen molar-refractivity contribution in [1.29, 1.82) is 0 Å². The summed E-state index contributed by atoms with van der Waals surface area (Å²) in [6, 6.07) is 20.2. The van der Waals surface area contributed by atoms with Gasteiger partial charge in [0.1, 0.15) is 12.3 Å². The molecule has 0 aliphatic heterocycles. The van der Waals surface area contributed by atoms with Crippen molar-refractivity contribution in [2.45, 2.75) is 6.61 Å². The molecule has 0 unspecified atom stereocenters. The molecule has 0 aliphatic carbocycles. The van der Waals surface area contributed by atoms with Crippen LogP contribution in [0, 0.1) is 0 Å². The van der Waals surface area contributed by atoms with Gasteiger partial charge in [-0.1, -0.05) is 42.5 Å². The Morgan fingerprint density at radius 2 is 1.89 bits per heavy atom. The monoisotopic (exact) mass is 469 g/mol. The zero-order valence-electron chi connectivity index (χ0n) is 19.6. The number of anilines is 3. The van der Waals surface area contributed by atoms with Crippen molar-refractivity contribution in [1.82, 2.24) is 14.9 Å². The van der Waals surface area contributed by atoms with Crippen LogP contribution in [0.1, 0.15) is 5.56 Å². The molecule has 2 aromatic carbocycles. The summed E-state index contributed by atoms with van der Waals surface area (Å²) >= 11 is 0. The Balaban J connectivity index is 1.63. The third kappa shape index (κ3) is 6.13. The fourth-order valence-electron chi connectivity index (χ4n) is 3.55. The van der Waals surface area contributed by atoms with Crippen LogP contribution in [0.5, 0.6) is 0 Å². The van der Waals surface area contributed by atoms with E-state index in [-0.39, 0.29) is 12.5 Å². The lowest BCUT2D eigenvalue weighted by Crippen LogP contribution is -2.27. The van der Waals surface area contributed by atoms with Gasteiger partial charge in [0.15, 0.2) is 0 Å². The molecule has 2 aromatic heterocycles. The van der Waals surface area contributed by atoms with Gasteiger partial charge in [0, 0.05) is 36.1 Å². The molecule has 8 nitrogen and oxygen atoms in total. The lowest BCUT2D eigenvalue weighted by molar-refractivity contribution is -0.111. The number of aromatic nitrogens is 2. The second-order valence-electron chi connectivity index (χ2n) is 8.15. The van der Waals surface area contributed by atoms with Crippen molar-refractivity contribution in [3.8, 4) is 0 Å². The first-order chi connectivity index (χ1) is 17.0. The summed E-state index contributed by atoms with van der Waals surface area (Å²) < 4.78 is 5.67. The number of pyridine rings is 1. The average Bonchev–Trinajstić information content (AvgIpc) is 3.33. The second kappa shape index (κ2) is 11.1. The van der Waals surface area contributed by atoms with Crippen LogP contribution in [0.25, 0.3) is 11.0 Å². The van der Waals surface area contributed by atoms with E-state index in [0.29, 0.717) is 29.3 Å². The molecule has 0 saturated carbocycles. The van der Waals surface area contributed by atoms with Crippen molar-refractivity contribution < 1.29 is 14.3 Å². The zero-order valence-corrected chi connectivity index (χ0v) is 19.6. The SMILES string of the molecule is CN(C)C/C=C/C(=O)Nc1cccc(N(C(=O)OCc2ccccc2)c2ccnc3[nH]ccc23)c1. The van der Waals surface area contributed by atoms with Crippen LogP contribution in [0.3, 0.4) is 0 Å². The predicted octanol–water partition coefficient (Wildman–Crippen LogP) is 5.09. The number of likely N-dealkylation sites (N-methyl/N-ethyl adjacent to an activating group) is 1. The summed E-state index contributed by atoms with van der Waals surface area (Å²) in [5.41, 5.74) is 3.25. The molecule has 2 heterocycles. The summed E-state index contributed by atoms with van der Waals surface area (Å²) in [6.45, 7) is 0.786. The molecule has 2 N–H and O–H groups in total. The van der Waals surface area contributed by atoms with Gasteiger partial charge in [-0.05, 0) is 50.0 Å². The van der Waals surface area contributed by atoms with E-state index in [2.05, 4.69) is 15.3 Å². The number of H-pyrrole nitrogens is 1. The molecule has 0 fully saturated rings. The molecule has 0 bridgehead atoms. The van der Waals surface area contributed by atoms with Crippen LogP contribution in [-0.2, 0) is 16.1 Å². The van der Waals surface area contributed by atoms with Crippen molar-refractivity contribution >= 4 is 40.1 Å². The van der Waals surface area contributed by atoms with E-state index in [1.165, 1.54) is 11.0 Å². The van der Waals surface area contributed by atoms with E-state index in [9.17, 15) is 9.59 Å². The van der Waals surface area contributed by atoms with Gasteiger partial charge in [-0.25, -0.2) is 14.7 Å². The highest BCUT2D eigenvalue weighted by Crippen LogP contribution is 2.33. The number of aromatic amines is 1. The Bertz CT molecular complexity index is 1330. The Morgan fingerprint density at radius 1 is 1.06 bits per heavy atom. The number of fused-ring (bicyclic) bond motifs is 1. The van der Waals surface area contributed by atoms with Crippen molar-refractivity contribution in [3.05, 3.63) is 96.8 Å². The number of ether oxygens (including phenoxy) is 1.